The first kappa shape index (κ1) is 18.4. The summed E-state index contributed by atoms with van der Waals surface area (Å²) in [4.78, 5) is 23.0. The van der Waals surface area contributed by atoms with E-state index in [-0.39, 0.29) is 11.8 Å². The van der Waals surface area contributed by atoms with E-state index in [1.165, 1.54) is 0 Å². The molecular formula is C20H23N5O3. The minimum absolute atomic E-state index is 0.0233. The summed E-state index contributed by atoms with van der Waals surface area (Å²) in [5, 5.41) is 6.97. The summed E-state index contributed by atoms with van der Waals surface area (Å²) in [7, 11) is 0. The first-order chi connectivity index (χ1) is 13.8. The molecule has 1 amide bonds. The molecule has 1 aliphatic rings. The number of amides is 1. The van der Waals surface area contributed by atoms with Gasteiger partial charge in [-0.3, -0.25) is 9.78 Å². The zero-order valence-electron chi connectivity index (χ0n) is 15.6. The second kappa shape index (κ2) is 8.79. The lowest BCUT2D eigenvalue weighted by molar-refractivity contribution is -0.121. The smallest absolute Gasteiger partial charge is 0.231 e. The van der Waals surface area contributed by atoms with Crippen LogP contribution in [0.4, 0.5) is 0 Å². The molecule has 0 spiro atoms. The molecule has 0 unspecified atom stereocenters. The van der Waals surface area contributed by atoms with Crippen molar-refractivity contribution in [1.82, 2.24) is 25.3 Å². The third-order valence-corrected chi connectivity index (χ3v) is 4.91. The molecule has 1 N–H and O–H groups in total. The van der Waals surface area contributed by atoms with Gasteiger partial charge in [0.2, 0.25) is 17.6 Å². The van der Waals surface area contributed by atoms with Crippen molar-refractivity contribution in [3.05, 3.63) is 54.6 Å². The van der Waals surface area contributed by atoms with E-state index in [1.54, 1.807) is 18.7 Å². The van der Waals surface area contributed by atoms with E-state index >= 15 is 0 Å². The number of piperidine rings is 1. The first-order valence-corrected chi connectivity index (χ1v) is 9.53. The van der Waals surface area contributed by atoms with Gasteiger partial charge in [0.05, 0.1) is 18.7 Å². The number of carbonyl (C=O) groups excluding carboxylic acids is 1. The molecule has 0 radical (unpaired) electrons. The minimum atomic E-state index is 0.0233. The maximum Gasteiger partial charge on any atom is 0.231 e. The number of hydrogen-bond acceptors (Lipinski definition) is 7. The van der Waals surface area contributed by atoms with Gasteiger partial charge in [-0.2, -0.15) is 4.98 Å². The van der Waals surface area contributed by atoms with E-state index in [0.29, 0.717) is 31.2 Å². The number of nitrogens with one attached hydrogen (secondary N) is 1. The molecule has 8 nitrogen and oxygen atoms in total. The van der Waals surface area contributed by atoms with Crippen molar-refractivity contribution in [2.24, 2.45) is 0 Å². The molecule has 8 heteroatoms. The van der Waals surface area contributed by atoms with Gasteiger partial charge >= 0.3 is 0 Å². The maximum atomic E-state index is 12.1. The summed E-state index contributed by atoms with van der Waals surface area (Å²) in [5.41, 5.74) is 0.846. The number of rotatable bonds is 7. The first-order valence-electron chi connectivity index (χ1n) is 9.53. The molecule has 0 aliphatic carbocycles. The topological polar surface area (TPSA) is 97.3 Å². The number of hydrogen-bond donors (Lipinski definition) is 1. The van der Waals surface area contributed by atoms with Gasteiger partial charge in [0.25, 0.3) is 0 Å². The lowest BCUT2D eigenvalue weighted by atomic mass is 9.98. The van der Waals surface area contributed by atoms with Gasteiger partial charge < -0.3 is 19.2 Å². The molecule has 3 aromatic rings. The fraction of sp³-hybridized carbons (Fsp3) is 0.400. The van der Waals surface area contributed by atoms with Gasteiger partial charge in [-0.25, -0.2) is 0 Å². The van der Waals surface area contributed by atoms with Crippen LogP contribution in [0, 0.1) is 0 Å². The van der Waals surface area contributed by atoms with Gasteiger partial charge in [0, 0.05) is 37.5 Å². The van der Waals surface area contributed by atoms with Crippen molar-refractivity contribution < 1.29 is 13.7 Å². The Morgan fingerprint density at radius 1 is 1.32 bits per heavy atom. The van der Waals surface area contributed by atoms with Crippen LogP contribution in [0.3, 0.4) is 0 Å². The highest BCUT2D eigenvalue weighted by Gasteiger charge is 2.26. The Hall–Kier alpha value is -3.00. The van der Waals surface area contributed by atoms with E-state index in [4.69, 9.17) is 8.94 Å². The molecule has 146 valence electrons. The third kappa shape index (κ3) is 4.64. The van der Waals surface area contributed by atoms with E-state index in [1.807, 2.05) is 24.3 Å². The lowest BCUT2D eigenvalue weighted by Crippen LogP contribution is -2.37. The van der Waals surface area contributed by atoms with Crippen molar-refractivity contribution in [2.45, 2.75) is 31.7 Å². The molecule has 28 heavy (non-hydrogen) atoms. The van der Waals surface area contributed by atoms with E-state index < -0.39 is 0 Å². The van der Waals surface area contributed by atoms with Crippen LogP contribution in [-0.4, -0.2) is 45.6 Å². The van der Waals surface area contributed by atoms with Gasteiger partial charge in [-0.1, -0.05) is 5.16 Å². The Morgan fingerprint density at radius 3 is 3.11 bits per heavy atom. The molecule has 1 fully saturated rings. The Bertz CT molecular complexity index is 878. The summed E-state index contributed by atoms with van der Waals surface area (Å²) in [6.45, 7) is 2.93. The summed E-state index contributed by atoms with van der Waals surface area (Å²) in [5.74, 6) is 2.20. The van der Waals surface area contributed by atoms with Crippen LogP contribution in [0.15, 0.2) is 51.9 Å². The molecule has 1 saturated heterocycles. The average Bonchev–Trinajstić information content (AvgIpc) is 3.44. The molecule has 1 aliphatic heterocycles. The number of carbonyl (C=O) groups is 1. The maximum absolute atomic E-state index is 12.1. The fourth-order valence-corrected chi connectivity index (χ4v) is 3.42. The highest BCUT2D eigenvalue weighted by atomic mass is 16.5. The lowest BCUT2D eigenvalue weighted by Gasteiger charge is -2.30. The highest BCUT2D eigenvalue weighted by molar-refractivity contribution is 5.75. The monoisotopic (exact) mass is 381 g/mol. The highest BCUT2D eigenvalue weighted by Crippen LogP contribution is 2.27. The van der Waals surface area contributed by atoms with Crippen LogP contribution in [0.5, 0.6) is 0 Å². The van der Waals surface area contributed by atoms with Gasteiger partial charge in [0.15, 0.2) is 0 Å². The summed E-state index contributed by atoms with van der Waals surface area (Å²) in [6.07, 6.45) is 7.56. The zero-order valence-corrected chi connectivity index (χ0v) is 15.6. The molecule has 0 saturated carbocycles. The molecule has 0 aromatic carbocycles. The molecule has 1 atom stereocenters. The molecule has 0 bridgehead atoms. The largest absolute Gasteiger partial charge is 0.467 e. The SMILES string of the molecule is O=C(CCN1CCC[C@@H](c2nc(-c3cccnc3)no2)C1)NCc1ccco1. The van der Waals surface area contributed by atoms with Crippen LogP contribution < -0.4 is 5.32 Å². The molecular weight excluding hydrogens is 358 g/mol. The Morgan fingerprint density at radius 2 is 2.29 bits per heavy atom. The number of nitrogens with zero attached hydrogens (tertiary/aromatic N) is 4. The number of aromatic nitrogens is 3. The van der Waals surface area contributed by atoms with Crippen LogP contribution >= 0.6 is 0 Å². The van der Waals surface area contributed by atoms with E-state index in [0.717, 1.165) is 37.3 Å². The van der Waals surface area contributed by atoms with Gasteiger partial charge in [0.1, 0.15) is 5.76 Å². The Balaban J connectivity index is 1.27. The second-order valence-corrected chi connectivity index (χ2v) is 6.94. The van der Waals surface area contributed by atoms with Crippen LogP contribution in [0.1, 0.15) is 36.8 Å². The van der Waals surface area contributed by atoms with E-state index in [2.05, 4.69) is 25.3 Å². The van der Waals surface area contributed by atoms with Crippen molar-refractivity contribution in [3.63, 3.8) is 0 Å². The van der Waals surface area contributed by atoms with E-state index in [9.17, 15) is 4.79 Å². The third-order valence-electron chi connectivity index (χ3n) is 4.91. The van der Waals surface area contributed by atoms with Crippen molar-refractivity contribution in [3.8, 4) is 11.4 Å². The summed E-state index contributed by atoms with van der Waals surface area (Å²) < 4.78 is 10.7. The summed E-state index contributed by atoms with van der Waals surface area (Å²) >= 11 is 0. The van der Waals surface area contributed by atoms with Crippen LogP contribution in [0.2, 0.25) is 0 Å². The quantitative estimate of drug-likeness (QED) is 0.672. The predicted molar refractivity (Wildman–Crippen MR) is 101 cm³/mol. The van der Waals surface area contributed by atoms with Gasteiger partial charge in [-0.15, -0.1) is 0 Å². The normalized spacial score (nSPS) is 17.5. The average molecular weight is 381 g/mol. The molecule has 4 rings (SSSR count). The minimum Gasteiger partial charge on any atom is -0.467 e. The number of furan rings is 1. The standard InChI is InChI=1S/C20H23N5O3/c26-18(22-13-17-6-3-11-27-17)7-10-25-9-2-5-16(14-25)20-23-19(24-28-20)15-4-1-8-21-12-15/h1,3-4,6,8,11-12,16H,2,5,7,9-10,13-14H2,(H,22,26)/t16-/m1/s1. The Labute approximate surface area is 162 Å². The summed E-state index contributed by atoms with van der Waals surface area (Å²) in [6, 6.07) is 7.42. The molecule has 4 heterocycles. The van der Waals surface area contributed by atoms with Crippen molar-refractivity contribution >= 4 is 5.91 Å². The Kier molecular flexibility index (Phi) is 5.77. The van der Waals surface area contributed by atoms with Crippen molar-refractivity contribution in [2.75, 3.05) is 19.6 Å². The second-order valence-electron chi connectivity index (χ2n) is 6.94. The fourth-order valence-electron chi connectivity index (χ4n) is 3.42. The van der Waals surface area contributed by atoms with Gasteiger partial charge in [-0.05, 0) is 43.7 Å². The van der Waals surface area contributed by atoms with Crippen molar-refractivity contribution in [1.29, 1.82) is 0 Å². The zero-order chi connectivity index (χ0) is 19.2. The number of pyridine rings is 1. The van der Waals surface area contributed by atoms with Crippen LogP contribution in [-0.2, 0) is 11.3 Å². The predicted octanol–water partition coefficient (Wildman–Crippen LogP) is 2.61. The number of likely N-dealkylation sites (tertiary alicyclic amines) is 1. The molecule has 3 aromatic heterocycles. The van der Waals surface area contributed by atoms with Crippen LogP contribution in [0.25, 0.3) is 11.4 Å².